The van der Waals surface area contributed by atoms with Crippen molar-refractivity contribution in [1.82, 2.24) is 14.5 Å². The summed E-state index contributed by atoms with van der Waals surface area (Å²) in [5.41, 5.74) is 1.42. The third kappa shape index (κ3) is 3.02. The van der Waals surface area contributed by atoms with Crippen molar-refractivity contribution < 1.29 is 14.6 Å². The van der Waals surface area contributed by atoms with Crippen LogP contribution in [0.2, 0.25) is 0 Å². The summed E-state index contributed by atoms with van der Waals surface area (Å²) in [6.45, 7) is 1.57. The van der Waals surface area contributed by atoms with Gasteiger partial charge in [0.2, 0.25) is 5.62 Å². The van der Waals surface area contributed by atoms with Gasteiger partial charge in [0.1, 0.15) is 18.2 Å². The number of ether oxygens (including phenoxy) is 1. The number of nitrogens with one attached hydrogen (secondary N) is 1. The predicted molar refractivity (Wildman–Crippen MR) is 94.9 cm³/mol. The molecule has 1 amide bonds. The minimum Gasteiger partial charge on any atom is -0.491 e. The average Bonchev–Trinajstić information content (AvgIpc) is 3.17. The predicted octanol–water partition coefficient (Wildman–Crippen LogP) is 0.969. The Morgan fingerprint density at radius 1 is 1.38 bits per heavy atom. The number of carbonyl (C=O) groups is 1. The molecule has 3 heterocycles. The molecule has 8 heteroatoms. The largest absolute Gasteiger partial charge is 0.491 e. The summed E-state index contributed by atoms with van der Waals surface area (Å²) >= 11 is 0. The molecule has 1 aromatic carbocycles. The number of benzene rings is 1. The first kappa shape index (κ1) is 16.2. The highest BCUT2D eigenvalue weighted by molar-refractivity contribution is 5.95. The van der Waals surface area contributed by atoms with Crippen molar-refractivity contribution in [2.45, 2.75) is 6.54 Å². The summed E-state index contributed by atoms with van der Waals surface area (Å²) in [7, 11) is 0. The Balaban J connectivity index is 1.83. The minimum atomic E-state index is -0.390. The van der Waals surface area contributed by atoms with Crippen molar-refractivity contribution in [1.29, 1.82) is 0 Å². The van der Waals surface area contributed by atoms with Crippen LogP contribution >= 0.6 is 0 Å². The van der Waals surface area contributed by atoms with Gasteiger partial charge in [-0.15, -0.1) is 0 Å². The number of pyridine rings is 1. The Morgan fingerprint density at radius 2 is 2.31 bits per heavy atom. The number of nitrogens with zero attached hydrogens (tertiary/aromatic N) is 4. The molecule has 0 atom stereocenters. The smallest absolute Gasteiger partial charge is 0.281 e. The molecular formula is C18H17N5O3. The molecule has 0 bridgehead atoms. The number of rotatable bonds is 4. The molecule has 0 unspecified atom stereocenters. The quantitative estimate of drug-likeness (QED) is 0.726. The van der Waals surface area contributed by atoms with Gasteiger partial charge in [-0.05, 0) is 24.3 Å². The second kappa shape index (κ2) is 6.93. The minimum absolute atomic E-state index is 0.0622. The van der Waals surface area contributed by atoms with Crippen LogP contribution in [0.3, 0.4) is 0 Å². The van der Waals surface area contributed by atoms with Crippen LogP contribution in [0.25, 0.3) is 10.9 Å². The van der Waals surface area contributed by atoms with Gasteiger partial charge in [0.25, 0.3) is 5.91 Å². The molecule has 26 heavy (non-hydrogen) atoms. The molecule has 2 N–H and O–H groups in total. The van der Waals surface area contributed by atoms with Gasteiger partial charge in [-0.2, -0.15) is 4.99 Å². The number of anilines is 1. The van der Waals surface area contributed by atoms with E-state index in [0.29, 0.717) is 29.0 Å². The molecular weight excluding hydrogens is 334 g/mol. The molecule has 1 aliphatic rings. The van der Waals surface area contributed by atoms with E-state index < -0.39 is 0 Å². The van der Waals surface area contributed by atoms with Gasteiger partial charge in [0.15, 0.2) is 0 Å². The number of carbonyl (C=O) groups excluding carboxylic acids is 1. The molecule has 132 valence electrons. The lowest BCUT2D eigenvalue weighted by Crippen LogP contribution is -2.24. The summed E-state index contributed by atoms with van der Waals surface area (Å²) in [5.74, 6) is 1.09. The highest BCUT2D eigenvalue weighted by Gasteiger charge is 2.16. The molecule has 2 aromatic heterocycles. The fourth-order valence-corrected chi connectivity index (χ4v) is 2.89. The molecule has 0 fully saturated rings. The Hall–Kier alpha value is -3.26. The van der Waals surface area contributed by atoms with E-state index in [2.05, 4.69) is 20.3 Å². The van der Waals surface area contributed by atoms with E-state index in [9.17, 15) is 4.79 Å². The van der Waals surface area contributed by atoms with E-state index in [0.717, 1.165) is 17.7 Å². The number of hydrogen-bond acceptors (Lipinski definition) is 6. The van der Waals surface area contributed by atoms with E-state index in [4.69, 9.17) is 9.84 Å². The van der Waals surface area contributed by atoms with Gasteiger partial charge >= 0.3 is 0 Å². The van der Waals surface area contributed by atoms with Gasteiger partial charge < -0.3 is 15.2 Å². The number of fused-ring (bicyclic) bond motifs is 3. The van der Waals surface area contributed by atoms with Crippen LogP contribution in [0, 0.1) is 0 Å². The Labute approximate surface area is 148 Å². The van der Waals surface area contributed by atoms with Crippen LogP contribution in [0.4, 0.5) is 5.82 Å². The Bertz CT molecular complexity index is 1030. The number of aliphatic hydroxyl groups excluding tert-OH is 1. The maximum Gasteiger partial charge on any atom is 0.281 e. The molecule has 0 saturated carbocycles. The van der Waals surface area contributed by atoms with Gasteiger partial charge in [-0.25, -0.2) is 4.98 Å². The Morgan fingerprint density at radius 3 is 3.12 bits per heavy atom. The highest BCUT2D eigenvalue weighted by atomic mass is 16.5. The molecule has 3 aromatic rings. The van der Waals surface area contributed by atoms with Crippen LogP contribution < -0.4 is 15.7 Å². The summed E-state index contributed by atoms with van der Waals surface area (Å²) in [4.78, 5) is 25.1. The molecule has 4 rings (SSSR count). The third-order valence-corrected chi connectivity index (χ3v) is 4.05. The van der Waals surface area contributed by atoms with Crippen molar-refractivity contribution in [3.63, 3.8) is 0 Å². The van der Waals surface area contributed by atoms with E-state index in [-0.39, 0.29) is 19.1 Å². The summed E-state index contributed by atoms with van der Waals surface area (Å²) in [6, 6.07) is 8.88. The second-order valence-corrected chi connectivity index (χ2v) is 5.75. The lowest BCUT2D eigenvalue weighted by molar-refractivity contribution is 0.0996. The number of aliphatic hydroxyl groups is 1. The monoisotopic (exact) mass is 351 g/mol. The number of aromatic nitrogens is 3. The molecule has 0 spiro atoms. The van der Waals surface area contributed by atoms with Crippen molar-refractivity contribution >= 4 is 22.6 Å². The normalized spacial score (nSPS) is 13.5. The fraction of sp³-hybridized carbons (Fsp3) is 0.222. The summed E-state index contributed by atoms with van der Waals surface area (Å²) in [5, 5.41) is 13.1. The van der Waals surface area contributed by atoms with Crippen molar-refractivity contribution in [2.24, 2.45) is 4.99 Å². The van der Waals surface area contributed by atoms with E-state index in [1.165, 1.54) is 6.20 Å². The molecule has 0 radical (unpaired) electrons. The summed E-state index contributed by atoms with van der Waals surface area (Å²) in [6.07, 6.45) is 3.09. The maximum absolute atomic E-state index is 12.4. The molecule has 0 aliphatic carbocycles. The van der Waals surface area contributed by atoms with Gasteiger partial charge in [0.05, 0.1) is 17.7 Å². The fourth-order valence-electron chi connectivity index (χ4n) is 2.89. The van der Waals surface area contributed by atoms with Crippen molar-refractivity contribution in [3.05, 3.63) is 53.9 Å². The van der Waals surface area contributed by atoms with Gasteiger partial charge in [0, 0.05) is 36.9 Å². The zero-order valence-corrected chi connectivity index (χ0v) is 13.9. The lowest BCUT2D eigenvalue weighted by atomic mass is 10.2. The van der Waals surface area contributed by atoms with Crippen molar-refractivity contribution in [3.8, 4) is 5.75 Å². The number of hydrogen-bond donors (Lipinski definition) is 2. The van der Waals surface area contributed by atoms with Crippen LogP contribution in [-0.2, 0) is 6.54 Å². The average molecular weight is 351 g/mol. The Kier molecular flexibility index (Phi) is 4.32. The van der Waals surface area contributed by atoms with Crippen LogP contribution in [0.1, 0.15) is 10.4 Å². The third-order valence-electron chi connectivity index (χ3n) is 4.05. The van der Waals surface area contributed by atoms with Gasteiger partial charge in [-0.1, -0.05) is 0 Å². The highest BCUT2D eigenvalue weighted by Crippen LogP contribution is 2.26. The van der Waals surface area contributed by atoms with E-state index in [1.54, 1.807) is 24.4 Å². The van der Waals surface area contributed by atoms with Gasteiger partial charge in [-0.3, -0.25) is 14.3 Å². The molecule has 1 aliphatic heterocycles. The van der Waals surface area contributed by atoms with Crippen LogP contribution in [0.15, 0.2) is 47.7 Å². The topological polar surface area (TPSA) is 102 Å². The van der Waals surface area contributed by atoms with E-state index >= 15 is 0 Å². The second-order valence-electron chi connectivity index (χ2n) is 5.75. The first-order valence-electron chi connectivity index (χ1n) is 8.27. The van der Waals surface area contributed by atoms with Crippen LogP contribution in [-0.4, -0.2) is 45.3 Å². The zero-order chi connectivity index (χ0) is 17.9. The maximum atomic E-state index is 12.4. The molecule has 0 saturated heterocycles. The van der Waals surface area contributed by atoms with Crippen LogP contribution in [0.5, 0.6) is 5.75 Å². The van der Waals surface area contributed by atoms with E-state index in [1.807, 2.05) is 16.7 Å². The number of amides is 1. The first-order valence-corrected chi connectivity index (χ1v) is 8.27. The zero-order valence-electron chi connectivity index (χ0n) is 13.9. The first-order chi connectivity index (χ1) is 12.8. The molecule has 8 nitrogen and oxygen atoms in total. The summed E-state index contributed by atoms with van der Waals surface area (Å²) < 4.78 is 7.34. The van der Waals surface area contributed by atoms with Crippen molar-refractivity contribution in [2.75, 3.05) is 25.1 Å². The lowest BCUT2D eigenvalue weighted by Gasteiger charge is -2.10. The SMILES string of the molecule is O=C(N=c1nc2cc(OCCO)ccc2c2n1CCN2)c1cccnc1. The standard InChI is InChI=1S/C18H17N5O3/c24-8-9-26-13-3-4-14-15(10-13)21-18(23-7-6-20-16(14)23)22-17(25)12-2-1-5-19-11-12/h1-5,10-11,20,24H,6-9H2.